The maximum absolute atomic E-state index is 4.48. The van der Waals surface area contributed by atoms with Crippen LogP contribution in [0, 0.1) is 0 Å². The highest BCUT2D eigenvalue weighted by Crippen LogP contribution is 2.09. The van der Waals surface area contributed by atoms with Crippen molar-refractivity contribution in [1.29, 1.82) is 0 Å². The van der Waals surface area contributed by atoms with Crippen molar-refractivity contribution in [2.24, 2.45) is 0 Å². The van der Waals surface area contributed by atoms with Gasteiger partial charge >= 0.3 is 0 Å². The Bertz CT molecular complexity index is 233. The molecule has 0 amide bonds. The van der Waals surface area contributed by atoms with E-state index in [2.05, 4.69) is 29.5 Å². The van der Waals surface area contributed by atoms with Crippen LogP contribution in [0.15, 0.2) is 5.38 Å². The summed E-state index contributed by atoms with van der Waals surface area (Å²) in [5.74, 6) is 0. The van der Waals surface area contributed by atoms with E-state index in [0.29, 0.717) is 0 Å². The Morgan fingerprint density at radius 1 is 1.46 bits per heavy atom. The zero-order chi connectivity index (χ0) is 9.52. The molecule has 1 N–H and O–H groups in total. The van der Waals surface area contributed by atoms with Gasteiger partial charge < -0.3 is 5.32 Å². The average molecular weight is 198 g/mol. The van der Waals surface area contributed by atoms with Gasteiger partial charge in [0.25, 0.3) is 0 Å². The van der Waals surface area contributed by atoms with E-state index in [-0.39, 0.29) is 0 Å². The molecule has 0 aromatic carbocycles. The number of hydrogen-bond donors (Lipinski definition) is 1. The highest BCUT2D eigenvalue weighted by Gasteiger charge is 1.98. The minimum Gasteiger partial charge on any atom is -0.311 e. The van der Waals surface area contributed by atoms with E-state index < -0.39 is 0 Å². The summed E-state index contributed by atoms with van der Waals surface area (Å²) in [6.45, 7) is 6.39. The molecule has 1 heterocycles. The van der Waals surface area contributed by atoms with E-state index in [1.165, 1.54) is 23.5 Å². The zero-order valence-corrected chi connectivity index (χ0v) is 9.28. The number of thiazole rings is 1. The standard InChI is InChI=1S/C10H18N2S/c1-3-5-6-11-7-9-8-13-10(4-2)12-9/h8,11H,3-7H2,1-2H3. The molecule has 3 heteroatoms. The van der Waals surface area contributed by atoms with E-state index >= 15 is 0 Å². The van der Waals surface area contributed by atoms with Crippen molar-refractivity contribution in [2.75, 3.05) is 6.54 Å². The fraction of sp³-hybridized carbons (Fsp3) is 0.700. The van der Waals surface area contributed by atoms with Crippen LogP contribution < -0.4 is 5.32 Å². The highest BCUT2D eigenvalue weighted by atomic mass is 32.1. The number of unbranched alkanes of at least 4 members (excludes halogenated alkanes) is 1. The highest BCUT2D eigenvalue weighted by molar-refractivity contribution is 7.09. The molecule has 0 aliphatic heterocycles. The molecular formula is C10H18N2S. The number of aryl methyl sites for hydroxylation is 1. The van der Waals surface area contributed by atoms with E-state index in [9.17, 15) is 0 Å². The van der Waals surface area contributed by atoms with Crippen LogP contribution in [0.25, 0.3) is 0 Å². The summed E-state index contributed by atoms with van der Waals surface area (Å²) in [6, 6.07) is 0. The summed E-state index contributed by atoms with van der Waals surface area (Å²) in [5, 5.41) is 6.78. The minimum absolute atomic E-state index is 0.927. The predicted octanol–water partition coefficient (Wildman–Crippen LogP) is 2.60. The SMILES string of the molecule is CCCCNCc1csc(CC)n1. The van der Waals surface area contributed by atoms with Crippen LogP contribution in [-0.4, -0.2) is 11.5 Å². The first kappa shape index (κ1) is 10.7. The lowest BCUT2D eigenvalue weighted by atomic mass is 10.3. The van der Waals surface area contributed by atoms with Crippen molar-refractivity contribution in [2.45, 2.75) is 39.7 Å². The lowest BCUT2D eigenvalue weighted by Crippen LogP contribution is -2.14. The van der Waals surface area contributed by atoms with Crippen LogP contribution in [0.4, 0.5) is 0 Å². The molecule has 0 fully saturated rings. The Balaban J connectivity index is 2.20. The van der Waals surface area contributed by atoms with Crippen LogP contribution in [0.3, 0.4) is 0 Å². The van der Waals surface area contributed by atoms with Crippen LogP contribution in [0.5, 0.6) is 0 Å². The maximum Gasteiger partial charge on any atom is 0.0926 e. The molecule has 13 heavy (non-hydrogen) atoms. The lowest BCUT2D eigenvalue weighted by molar-refractivity contribution is 0.634. The van der Waals surface area contributed by atoms with Gasteiger partial charge in [0.2, 0.25) is 0 Å². The lowest BCUT2D eigenvalue weighted by Gasteiger charge is -1.99. The van der Waals surface area contributed by atoms with E-state index in [4.69, 9.17) is 0 Å². The van der Waals surface area contributed by atoms with E-state index in [1.807, 2.05) is 0 Å². The molecule has 1 aromatic heterocycles. The monoisotopic (exact) mass is 198 g/mol. The van der Waals surface area contributed by atoms with Crippen LogP contribution in [0.1, 0.15) is 37.4 Å². The molecule has 0 saturated heterocycles. The van der Waals surface area contributed by atoms with Gasteiger partial charge in [0, 0.05) is 11.9 Å². The number of nitrogens with zero attached hydrogens (tertiary/aromatic N) is 1. The molecule has 0 atom stereocenters. The number of nitrogens with one attached hydrogen (secondary N) is 1. The number of hydrogen-bond acceptors (Lipinski definition) is 3. The molecule has 0 aliphatic carbocycles. The summed E-state index contributed by atoms with van der Waals surface area (Å²) in [5.41, 5.74) is 1.19. The molecule has 0 spiro atoms. The number of rotatable bonds is 6. The molecule has 1 rings (SSSR count). The molecule has 74 valence electrons. The quantitative estimate of drug-likeness (QED) is 0.711. The van der Waals surface area contributed by atoms with Crippen molar-refractivity contribution < 1.29 is 0 Å². The van der Waals surface area contributed by atoms with E-state index in [0.717, 1.165) is 19.5 Å². The van der Waals surface area contributed by atoms with Gasteiger partial charge in [-0.25, -0.2) is 4.98 Å². The van der Waals surface area contributed by atoms with Crippen molar-refractivity contribution in [3.05, 3.63) is 16.1 Å². The molecule has 0 bridgehead atoms. The molecule has 0 radical (unpaired) electrons. The Kier molecular flexibility index (Phi) is 5.01. The van der Waals surface area contributed by atoms with Gasteiger partial charge in [-0.2, -0.15) is 0 Å². The van der Waals surface area contributed by atoms with Crippen molar-refractivity contribution >= 4 is 11.3 Å². The van der Waals surface area contributed by atoms with Crippen molar-refractivity contribution in [3.8, 4) is 0 Å². The first-order chi connectivity index (χ1) is 6.36. The fourth-order valence-electron chi connectivity index (χ4n) is 1.11. The molecule has 0 unspecified atom stereocenters. The second kappa shape index (κ2) is 6.11. The zero-order valence-electron chi connectivity index (χ0n) is 8.47. The third-order valence-electron chi connectivity index (χ3n) is 1.91. The number of aromatic nitrogens is 1. The summed E-state index contributed by atoms with van der Waals surface area (Å²) in [6.07, 6.45) is 3.56. The second-order valence-electron chi connectivity index (χ2n) is 3.12. The molecule has 1 aromatic rings. The van der Waals surface area contributed by atoms with Crippen LogP contribution in [-0.2, 0) is 13.0 Å². The Morgan fingerprint density at radius 3 is 2.92 bits per heavy atom. The minimum atomic E-state index is 0.927. The largest absolute Gasteiger partial charge is 0.311 e. The molecule has 2 nitrogen and oxygen atoms in total. The van der Waals surface area contributed by atoms with Crippen molar-refractivity contribution in [1.82, 2.24) is 10.3 Å². The molecule has 0 aliphatic rings. The van der Waals surface area contributed by atoms with Gasteiger partial charge in [-0.1, -0.05) is 20.3 Å². The average Bonchev–Trinajstić information content (AvgIpc) is 2.60. The van der Waals surface area contributed by atoms with Gasteiger partial charge in [-0.3, -0.25) is 0 Å². The second-order valence-corrected chi connectivity index (χ2v) is 4.06. The summed E-state index contributed by atoms with van der Waals surface area (Å²) in [7, 11) is 0. The Morgan fingerprint density at radius 2 is 2.31 bits per heavy atom. The van der Waals surface area contributed by atoms with E-state index in [1.54, 1.807) is 11.3 Å². The Hall–Kier alpha value is -0.410. The maximum atomic E-state index is 4.48. The summed E-state index contributed by atoms with van der Waals surface area (Å²) < 4.78 is 0. The topological polar surface area (TPSA) is 24.9 Å². The van der Waals surface area contributed by atoms with Crippen LogP contribution in [0.2, 0.25) is 0 Å². The first-order valence-electron chi connectivity index (χ1n) is 5.00. The molecule has 0 saturated carbocycles. The van der Waals surface area contributed by atoms with Crippen LogP contribution >= 0.6 is 11.3 Å². The van der Waals surface area contributed by atoms with Gasteiger partial charge in [0.1, 0.15) is 0 Å². The summed E-state index contributed by atoms with van der Waals surface area (Å²) in [4.78, 5) is 4.48. The Labute approximate surface area is 84.4 Å². The first-order valence-corrected chi connectivity index (χ1v) is 5.88. The third-order valence-corrected chi connectivity index (χ3v) is 2.96. The predicted molar refractivity (Wildman–Crippen MR) is 58.1 cm³/mol. The van der Waals surface area contributed by atoms with Crippen molar-refractivity contribution in [3.63, 3.8) is 0 Å². The molecular weight excluding hydrogens is 180 g/mol. The van der Waals surface area contributed by atoms with Gasteiger partial charge in [0.05, 0.1) is 10.7 Å². The fourth-order valence-corrected chi connectivity index (χ4v) is 1.86. The normalized spacial score (nSPS) is 10.6. The third kappa shape index (κ3) is 3.87. The summed E-state index contributed by atoms with van der Waals surface area (Å²) >= 11 is 1.76. The van der Waals surface area contributed by atoms with Gasteiger partial charge in [-0.05, 0) is 19.4 Å². The van der Waals surface area contributed by atoms with Gasteiger partial charge in [-0.15, -0.1) is 11.3 Å². The van der Waals surface area contributed by atoms with Gasteiger partial charge in [0.15, 0.2) is 0 Å². The smallest absolute Gasteiger partial charge is 0.0926 e.